The van der Waals surface area contributed by atoms with E-state index in [-0.39, 0.29) is 0 Å². The third-order valence-corrected chi connectivity index (χ3v) is 2.36. The Kier molecular flexibility index (Phi) is 2.35. The van der Waals surface area contributed by atoms with Gasteiger partial charge in [-0.05, 0) is 28.8 Å². The van der Waals surface area contributed by atoms with Crippen LogP contribution in [0.15, 0.2) is 10.7 Å². The van der Waals surface area contributed by atoms with E-state index in [0.29, 0.717) is 17.9 Å². The maximum atomic E-state index is 5.05. The lowest BCUT2D eigenvalue weighted by atomic mass is 10.6. The summed E-state index contributed by atoms with van der Waals surface area (Å²) >= 11 is 3.29. The fourth-order valence-corrected chi connectivity index (χ4v) is 1.33. The van der Waals surface area contributed by atoms with E-state index < -0.39 is 0 Å². The molecule has 0 saturated heterocycles. The van der Waals surface area contributed by atoms with E-state index in [2.05, 4.69) is 31.2 Å². The van der Waals surface area contributed by atoms with Gasteiger partial charge in [-0.1, -0.05) is 0 Å². The van der Waals surface area contributed by atoms with Crippen molar-refractivity contribution in [2.24, 2.45) is 0 Å². The quantitative estimate of drug-likeness (QED) is 0.880. The van der Waals surface area contributed by atoms with Gasteiger partial charge in [0.15, 0.2) is 0 Å². The van der Waals surface area contributed by atoms with Gasteiger partial charge in [0.1, 0.15) is 0 Å². The molecule has 2 rings (SSSR count). The molecule has 1 aromatic rings. The van der Waals surface area contributed by atoms with Crippen LogP contribution in [0.3, 0.4) is 0 Å². The Morgan fingerprint density at radius 3 is 3.00 bits per heavy atom. The normalized spacial score (nSPS) is 15.5. The highest BCUT2D eigenvalue weighted by Crippen LogP contribution is 2.26. The largest absolute Gasteiger partial charge is 0.480 e. The Labute approximate surface area is 84.9 Å². The molecule has 0 radical (unpaired) electrons. The third-order valence-electron chi connectivity index (χ3n) is 1.82. The van der Waals surface area contributed by atoms with Crippen molar-refractivity contribution in [2.45, 2.75) is 18.9 Å². The number of ether oxygens (including phenoxy) is 1. The minimum absolute atomic E-state index is 0.561. The van der Waals surface area contributed by atoms with E-state index in [0.717, 1.165) is 4.47 Å². The Bertz CT molecular complexity index is 314. The van der Waals surface area contributed by atoms with E-state index in [1.54, 1.807) is 13.3 Å². The van der Waals surface area contributed by atoms with Crippen LogP contribution in [0.5, 0.6) is 5.88 Å². The van der Waals surface area contributed by atoms with Gasteiger partial charge in [-0.25, -0.2) is 4.98 Å². The van der Waals surface area contributed by atoms with Crippen molar-refractivity contribution in [3.8, 4) is 5.88 Å². The van der Waals surface area contributed by atoms with Crippen LogP contribution in [0.25, 0.3) is 0 Å². The number of anilines is 1. The number of hydrogen-bond donors (Lipinski definition) is 1. The number of rotatable bonds is 3. The predicted molar refractivity (Wildman–Crippen MR) is 52.9 cm³/mol. The predicted octanol–water partition coefficient (Wildman–Crippen LogP) is 1.82. The SMILES string of the molecule is COc1nc(NC2CC2)ncc1Br. The van der Waals surface area contributed by atoms with Crippen LogP contribution < -0.4 is 10.1 Å². The molecule has 1 aromatic heterocycles. The molecule has 13 heavy (non-hydrogen) atoms. The zero-order chi connectivity index (χ0) is 9.26. The highest BCUT2D eigenvalue weighted by Gasteiger charge is 2.22. The molecule has 1 fully saturated rings. The summed E-state index contributed by atoms with van der Waals surface area (Å²) in [7, 11) is 1.59. The molecule has 0 bridgehead atoms. The average Bonchev–Trinajstić information content (AvgIpc) is 2.92. The lowest BCUT2D eigenvalue weighted by Crippen LogP contribution is -2.05. The second kappa shape index (κ2) is 3.49. The molecule has 70 valence electrons. The number of halogens is 1. The second-order valence-electron chi connectivity index (χ2n) is 2.97. The van der Waals surface area contributed by atoms with Crippen molar-refractivity contribution in [1.29, 1.82) is 0 Å². The number of hydrogen-bond acceptors (Lipinski definition) is 4. The lowest BCUT2D eigenvalue weighted by Gasteiger charge is -2.05. The number of nitrogens with one attached hydrogen (secondary N) is 1. The molecule has 1 aliphatic rings. The highest BCUT2D eigenvalue weighted by molar-refractivity contribution is 9.10. The smallest absolute Gasteiger partial charge is 0.232 e. The van der Waals surface area contributed by atoms with Gasteiger partial charge in [0, 0.05) is 6.04 Å². The first-order chi connectivity index (χ1) is 6.29. The van der Waals surface area contributed by atoms with E-state index in [1.807, 2.05) is 0 Å². The lowest BCUT2D eigenvalue weighted by molar-refractivity contribution is 0.394. The molecule has 0 aliphatic heterocycles. The van der Waals surface area contributed by atoms with Crippen LogP contribution >= 0.6 is 15.9 Å². The minimum Gasteiger partial charge on any atom is -0.480 e. The Morgan fingerprint density at radius 1 is 1.62 bits per heavy atom. The van der Waals surface area contributed by atoms with Gasteiger partial charge < -0.3 is 10.1 Å². The molecule has 0 atom stereocenters. The summed E-state index contributed by atoms with van der Waals surface area (Å²) in [6, 6.07) is 0.561. The van der Waals surface area contributed by atoms with Crippen molar-refractivity contribution in [3.63, 3.8) is 0 Å². The van der Waals surface area contributed by atoms with Gasteiger partial charge in [0.2, 0.25) is 11.8 Å². The van der Waals surface area contributed by atoms with E-state index in [9.17, 15) is 0 Å². The Balaban J connectivity index is 2.16. The summed E-state index contributed by atoms with van der Waals surface area (Å²) in [6.45, 7) is 0. The molecule has 4 nitrogen and oxygen atoms in total. The summed E-state index contributed by atoms with van der Waals surface area (Å²) in [5, 5.41) is 3.19. The zero-order valence-corrected chi connectivity index (χ0v) is 8.84. The fraction of sp³-hybridized carbons (Fsp3) is 0.500. The minimum atomic E-state index is 0.561. The van der Waals surface area contributed by atoms with Gasteiger partial charge in [-0.3, -0.25) is 0 Å². The maximum Gasteiger partial charge on any atom is 0.232 e. The van der Waals surface area contributed by atoms with Gasteiger partial charge in [0.05, 0.1) is 17.8 Å². The van der Waals surface area contributed by atoms with Crippen molar-refractivity contribution in [1.82, 2.24) is 9.97 Å². The summed E-state index contributed by atoms with van der Waals surface area (Å²) in [5.74, 6) is 1.21. The number of nitrogens with zero attached hydrogens (tertiary/aromatic N) is 2. The Morgan fingerprint density at radius 2 is 2.38 bits per heavy atom. The van der Waals surface area contributed by atoms with Crippen molar-refractivity contribution in [2.75, 3.05) is 12.4 Å². The first-order valence-electron chi connectivity index (χ1n) is 4.12. The Hall–Kier alpha value is -0.840. The molecule has 0 unspecified atom stereocenters. The zero-order valence-electron chi connectivity index (χ0n) is 7.25. The molecular weight excluding hydrogens is 234 g/mol. The summed E-state index contributed by atoms with van der Waals surface area (Å²) in [5.41, 5.74) is 0. The molecule has 0 spiro atoms. The highest BCUT2D eigenvalue weighted by atomic mass is 79.9. The topological polar surface area (TPSA) is 47.0 Å². The van der Waals surface area contributed by atoms with Gasteiger partial charge in [0.25, 0.3) is 0 Å². The summed E-state index contributed by atoms with van der Waals surface area (Å²) in [4.78, 5) is 8.30. The van der Waals surface area contributed by atoms with Crippen molar-refractivity contribution < 1.29 is 4.74 Å². The van der Waals surface area contributed by atoms with Gasteiger partial charge in [-0.15, -0.1) is 0 Å². The standard InChI is InChI=1S/C8H10BrN3O/c1-13-7-6(9)4-10-8(12-7)11-5-2-3-5/h4-5H,2-3H2,1H3,(H,10,11,12). The molecule has 1 heterocycles. The molecule has 1 N–H and O–H groups in total. The molecule has 5 heteroatoms. The molecular formula is C8H10BrN3O. The maximum absolute atomic E-state index is 5.05. The van der Waals surface area contributed by atoms with Crippen LogP contribution in [0.2, 0.25) is 0 Å². The van der Waals surface area contributed by atoms with E-state index >= 15 is 0 Å². The van der Waals surface area contributed by atoms with Gasteiger partial charge in [-0.2, -0.15) is 4.98 Å². The monoisotopic (exact) mass is 243 g/mol. The van der Waals surface area contributed by atoms with E-state index in [4.69, 9.17) is 4.74 Å². The third kappa shape index (κ3) is 2.09. The molecule has 0 amide bonds. The summed E-state index contributed by atoms with van der Waals surface area (Å²) < 4.78 is 5.82. The van der Waals surface area contributed by atoms with Crippen molar-refractivity contribution in [3.05, 3.63) is 10.7 Å². The molecule has 0 aromatic carbocycles. The first kappa shape index (κ1) is 8.74. The second-order valence-corrected chi connectivity index (χ2v) is 3.82. The van der Waals surface area contributed by atoms with Crippen molar-refractivity contribution >= 4 is 21.9 Å². The fourth-order valence-electron chi connectivity index (χ4n) is 0.974. The van der Waals surface area contributed by atoms with Crippen LogP contribution in [0, 0.1) is 0 Å². The van der Waals surface area contributed by atoms with Crippen LogP contribution in [-0.4, -0.2) is 23.1 Å². The van der Waals surface area contributed by atoms with Crippen LogP contribution in [0.1, 0.15) is 12.8 Å². The average molecular weight is 244 g/mol. The number of methoxy groups -OCH3 is 1. The summed E-state index contributed by atoms with van der Waals surface area (Å²) in [6.07, 6.45) is 4.11. The van der Waals surface area contributed by atoms with Gasteiger partial charge >= 0.3 is 0 Å². The van der Waals surface area contributed by atoms with Crippen LogP contribution in [0.4, 0.5) is 5.95 Å². The molecule has 1 aliphatic carbocycles. The molecule has 1 saturated carbocycles. The van der Waals surface area contributed by atoms with E-state index in [1.165, 1.54) is 12.8 Å². The van der Waals surface area contributed by atoms with Crippen LogP contribution in [-0.2, 0) is 0 Å². The number of aromatic nitrogens is 2. The first-order valence-corrected chi connectivity index (χ1v) is 4.92.